The first-order valence-corrected chi connectivity index (χ1v) is 6.48. The summed E-state index contributed by atoms with van der Waals surface area (Å²) in [4.78, 5) is 0. The first-order chi connectivity index (χ1) is 8.24. The van der Waals surface area contributed by atoms with Crippen molar-refractivity contribution in [3.8, 4) is 0 Å². The molecule has 1 aromatic rings. The Bertz CT molecular complexity index is 324. The molecule has 1 aromatic carbocycles. The molecule has 1 N–H and O–H groups in total. The molecule has 0 aliphatic rings. The predicted octanol–water partition coefficient (Wildman–Crippen LogP) is 3.18. The second kappa shape index (κ2) is 7.46. The molecule has 0 radical (unpaired) electrons. The van der Waals surface area contributed by atoms with Crippen LogP contribution in [0, 0.1) is 5.92 Å². The van der Waals surface area contributed by atoms with Crippen molar-refractivity contribution in [3.05, 3.63) is 35.4 Å². The van der Waals surface area contributed by atoms with Crippen LogP contribution < -0.4 is 5.32 Å². The highest BCUT2D eigenvalue weighted by Gasteiger charge is 2.19. The zero-order chi connectivity index (χ0) is 12.7. The van der Waals surface area contributed by atoms with Crippen molar-refractivity contribution in [2.75, 3.05) is 20.8 Å². The molecule has 2 heteroatoms. The molecule has 2 atom stereocenters. The molecule has 0 bridgehead atoms. The van der Waals surface area contributed by atoms with Crippen LogP contribution in [0.4, 0.5) is 0 Å². The van der Waals surface area contributed by atoms with Gasteiger partial charge in [0.2, 0.25) is 0 Å². The van der Waals surface area contributed by atoms with Gasteiger partial charge in [0.05, 0.1) is 0 Å². The predicted molar refractivity (Wildman–Crippen MR) is 73.3 cm³/mol. The summed E-state index contributed by atoms with van der Waals surface area (Å²) < 4.78 is 5.17. The van der Waals surface area contributed by atoms with E-state index >= 15 is 0 Å². The lowest BCUT2D eigenvalue weighted by molar-refractivity contribution is 0.171. The Morgan fingerprint density at radius 3 is 2.59 bits per heavy atom. The molecule has 0 saturated heterocycles. The van der Waals surface area contributed by atoms with Crippen LogP contribution in [0.5, 0.6) is 0 Å². The molecule has 96 valence electrons. The van der Waals surface area contributed by atoms with Gasteiger partial charge in [-0.05, 0) is 36.9 Å². The molecule has 0 amide bonds. The summed E-state index contributed by atoms with van der Waals surface area (Å²) in [7, 11) is 3.81. The number of hydrogen-bond acceptors (Lipinski definition) is 2. The first kappa shape index (κ1) is 14.2. The van der Waals surface area contributed by atoms with Gasteiger partial charge in [0.1, 0.15) is 0 Å². The third-order valence-electron chi connectivity index (χ3n) is 3.43. The Balaban J connectivity index is 2.84. The van der Waals surface area contributed by atoms with Crippen LogP contribution in [0.25, 0.3) is 0 Å². The summed E-state index contributed by atoms with van der Waals surface area (Å²) in [6.07, 6.45) is 2.17. The first-order valence-electron chi connectivity index (χ1n) is 6.48. The van der Waals surface area contributed by atoms with Crippen LogP contribution in [0.3, 0.4) is 0 Å². The van der Waals surface area contributed by atoms with E-state index in [4.69, 9.17) is 4.74 Å². The Kier molecular flexibility index (Phi) is 6.23. The fraction of sp³-hybridized carbons (Fsp3) is 0.600. The molecule has 0 aliphatic carbocycles. The molecule has 0 heterocycles. The van der Waals surface area contributed by atoms with Crippen molar-refractivity contribution < 1.29 is 4.74 Å². The highest BCUT2D eigenvalue weighted by Crippen LogP contribution is 2.27. The van der Waals surface area contributed by atoms with E-state index in [0.717, 1.165) is 19.4 Å². The minimum Gasteiger partial charge on any atom is -0.385 e. The minimum atomic E-state index is 0.418. The molecule has 17 heavy (non-hydrogen) atoms. The second-order valence-electron chi connectivity index (χ2n) is 4.58. The SMILES string of the molecule is CCc1ccccc1C(NC)C(C)CCOC. The quantitative estimate of drug-likeness (QED) is 0.783. The highest BCUT2D eigenvalue weighted by molar-refractivity contribution is 5.30. The molecule has 0 fully saturated rings. The van der Waals surface area contributed by atoms with Gasteiger partial charge in [-0.1, -0.05) is 38.1 Å². The number of hydrogen-bond donors (Lipinski definition) is 1. The largest absolute Gasteiger partial charge is 0.385 e. The van der Waals surface area contributed by atoms with Crippen molar-refractivity contribution in [1.29, 1.82) is 0 Å². The van der Waals surface area contributed by atoms with E-state index in [1.807, 2.05) is 7.05 Å². The van der Waals surface area contributed by atoms with E-state index in [9.17, 15) is 0 Å². The molecule has 0 aliphatic heterocycles. The van der Waals surface area contributed by atoms with E-state index in [-0.39, 0.29) is 0 Å². The maximum Gasteiger partial charge on any atom is 0.0465 e. The van der Waals surface area contributed by atoms with Gasteiger partial charge in [-0.2, -0.15) is 0 Å². The zero-order valence-electron chi connectivity index (χ0n) is 11.5. The molecule has 0 aromatic heterocycles. The summed E-state index contributed by atoms with van der Waals surface area (Å²) in [5.41, 5.74) is 2.87. The van der Waals surface area contributed by atoms with Gasteiger partial charge < -0.3 is 10.1 Å². The number of nitrogens with one attached hydrogen (secondary N) is 1. The maximum absolute atomic E-state index is 5.17. The Hall–Kier alpha value is -0.860. The average molecular weight is 235 g/mol. The van der Waals surface area contributed by atoms with Gasteiger partial charge >= 0.3 is 0 Å². The minimum absolute atomic E-state index is 0.418. The molecule has 0 spiro atoms. The summed E-state index contributed by atoms with van der Waals surface area (Å²) >= 11 is 0. The van der Waals surface area contributed by atoms with Gasteiger partial charge in [0.15, 0.2) is 0 Å². The van der Waals surface area contributed by atoms with Gasteiger partial charge in [-0.25, -0.2) is 0 Å². The fourth-order valence-electron chi connectivity index (χ4n) is 2.38. The molecule has 0 saturated carbocycles. The van der Waals surface area contributed by atoms with E-state index in [1.165, 1.54) is 11.1 Å². The smallest absolute Gasteiger partial charge is 0.0465 e. The van der Waals surface area contributed by atoms with E-state index in [0.29, 0.717) is 12.0 Å². The number of ether oxygens (including phenoxy) is 1. The third-order valence-corrected chi connectivity index (χ3v) is 3.43. The Morgan fingerprint density at radius 2 is 2.00 bits per heavy atom. The summed E-state index contributed by atoms with van der Waals surface area (Å²) in [5, 5.41) is 3.45. The van der Waals surface area contributed by atoms with E-state index in [1.54, 1.807) is 7.11 Å². The highest BCUT2D eigenvalue weighted by atomic mass is 16.5. The number of aryl methyl sites for hydroxylation is 1. The lowest BCUT2D eigenvalue weighted by Gasteiger charge is -2.26. The lowest BCUT2D eigenvalue weighted by Crippen LogP contribution is -2.25. The Labute approximate surface area is 105 Å². The fourth-order valence-corrected chi connectivity index (χ4v) is 2.38. The Morgan fingerprint density at radius 1 is 1.29 bits per heavy atom. The van der Waals surface area contributed by atoms with Crippen molar-refractivity contribution in [2.45, 2.75) is 32.7 Å². The second-order valence-corrected chi connectivity index (χ2v) is 4.58. The normalized spacial score (nSPS) is 14.6. The van der Waals surface area contributed by atoms with E-state index < -0.39 is 0 Å². The molecular weight excluding hydrogens is 210 g/mol. The lowest BCUT2D eigenvalue weighted by atomic mass is 9.88. The van der Waals surface area contributed by atoms with Crippen LogP contribution in [0.1, 0.15) is 37.4 Å². The zero-order valence-corrected chi connectivity index (χ0v) is 11.5. The van der Waals surface area contributed by atoms with Gasteiger partial charge in [0.25, 0.3) is 0 Å². The monoisotopic (exact) mass is 235 g/mol. The van der Waals surface area contributed by atoms with Gasteiger partial charge in [-0.3, -0.25) is 0 Å². The van der Waals surface area contributed by atoms with Crippen LogP contribution in [0.2, 0.25) is 0 Å². The van der Waals surface area contributed by atoms with Crippen molar-refractivity contribution in [2.24, 2.45) is 5.92 Å². The number of methoxy groups -OCH3 is 1. The summed E-state index contributed by atoms with van der Waals surface area (Å²) in [6.45, 7) is 5.33. The third kappa shape index (κ3) is 3.83. The van der Waals surface area contributed by atoms with Crippen LogP contribution >= 0.6 is 0 Å². The molecular formula is C15H25NO. The standard InChI is InChI=1S/C15H25NO/c1-5-13-8-6-7-9-14(13)15(16-3)12(2)10-11-17-4/h6-9,12,15-16H,5,10-11H2,1-4H3. The van der Waals surface area contributed by atoms with Crippen molar-refractivity contribution in [1.82, 2.24) is 5.32 Å². The van der Waals surface area contributed by atoms with Crippen LogP contribution in [0.15, 0.2) is 24.3 Å². The number of rotatable bonds is 7. The summed E-state index contributed by atoms with van der Waals surface area (Å²) in [6, 6.07) is 9.13. The van der Waals surface area contributed by atoms with Gasteiger partial charge in [0, 0.05) is 19.8 Å². The number of benzene rings is 1. The average Bonchev–Trinajstić information content (AvgIpc) is 2.37. The van der Waals surface area contributed by atoms with Crippen molar-refractivity contribution >= 4 is 0 Å². The summed E-state index contributed by atoms with van der Waals surface area (Å²) in [5.74, 6) is 0.577. The molecule has 2 unspecified atom stereocenters. The molecule has 1 rings (SSSR count). The maximum atomic E-state index is 5.17. The van der Waals surface area contributed by atoms with Crippen LogP contribution in [-0.4, -0.2) is 20.8 Å². The van der Waals surface area contributed by atoms with Crippen molar-refractivity contribution in [3.63, 3.8) is 0 Å². The van der Waals surface area contributed by atoms with Crippen LogP contribution in [-0.2, 0) is 11.2 Å². The van der Waals surface area contributed by atoms with Gasteiger partial charge in [-0.15, -0.1) is 0 Å². The van der Waals surface area contributed by atoms with E-state index in [2.05, 4.69) is 43.4 Å². The molecule has 2 nitrogen and oxygen atoms in total. The topological polar surface area (TPSA) is 21.3 Å².